The molecule has 1 aromatic carbocycles. The summed E-state index contributed by atoms with van der Waals surface area (Å²) in [4.78, 5) is 0. The second-order valence-corrected chi connectivity index (χ2v) is 5.30. The van der Waals surface area contributed by atoms with E-state index in [0.717, 1.165) is 18.8 Å². The zero-order valence-electron chi connectivity index (χ0n) is 12.5. The third kappa shape index (κ3) is 4.49. The number of hydrogen-bond acceptors (Lipinski definition) is 4. The van der Waals surface area contributed by atoms with E-state index in [4.69, 9.17) is 16.2 Å². The van der Waals surface area contributed by atoms with Gasteiger partial charge in [0, 0.05) is 25.7 Å². The van der Waals surface area contributed by atoms with Crippen LogP contribution in [-0.2, 0) is 6.54 Å². The van der Waals surface area contributed by atoms with Gasteiger partial charge in [-0.25, -0.2) is 0 Å². The largest absolute Gasteiger partial charge is 0.496 e. The summed E-state index contributed by atoms with van der Waals surface area (Å²) < 4.78 is 5.45. The maximum atomic E-state index is 5.79. The predicted molar refractivity (Wildman–Crippen MR) is 80.6 cm³/mol. The maximum Gasteiger partial charge on any atom is 0.122 e. The van der Waals surface area contributed by atoms with Gasteiger partial charge in [-0.15, -0.1) is 0 Å². The molecule has 0 bridgehead atoms. The van der Waals surface area contributed by atoms with Gasteiger partial charge >= 0.3 is 0 Å². The molecule has 0 spiro atoms. The van der Waals surface area contributed by atoms with Gasteiger partial charge in [0.05, 0.1) is 7.11 Å². The minimum absolute atomic E-state index is 0.0168. The molecule has 4 heteroatoms. The topological polar surface area (TPSA) is 73.3 Å². The molecule has 0 fully saturated rings. The van der Waals surface area contributed by atoms with Crippen molar-refractivity contribution in [1.29, 1.82) is 0 Å². The first-order chi connectivity index (χ1) is 8.99. The normalized spacial score (nSPS) is 12.8. The number of hydrogen-bond donors (Lipinski definition) is 3. The lowest BCUT2D eigenvalue weighted by atomic mass is 9.96. The fourth-order valence-corrected chi connectivity index (χ4v) is 2.04. The minimum Gasteiger partial charge on any atom is -0.496 e. The molecule has 1 unspecified atom stereocenters. The Bertz CT molecular complexity index is 405. The summed E-state index contributed by atoms with van der Waals surface area (Å²) in [5.74, 6) is 1.41. The highest BCUT2D eigenvalue weighted by Crippen LogP contribution is 2.29. The third-order valence-corrected chi connectivity index (χ3v) is 3.34. The van der Waals surface area contributed by atoms with Crippen molar-refractivity contribution in [2.24, 2.45) is 11.5 Å². The summed E-state index contributed by atoms with van der Waals surface area (Å²) in [7, 11) is 1.72. The van der Waals surface area contributed by atoms with Gasteiger partial charge in [-0.05, 0) is 35.6 Å². The summed E-state index contributed by atoms with van der Waals surface area (Å²) in [6.07, 6.45) is 0. The Morgan fingerprint density at radius 3 is 2.53 bits per heavy atom. The summed E-state index contributed by atoms with van der Waals surface area (Å²) in [6.45, 7) is 8.50. The van der Waals surface area contributed by atoms with Crippen LogP contribution in [0.5, 0.6) is 5.75 Å². The van der Waals surface area contributed by atoms with Gasteiger partial charge in [-0.1, -0.05) is 19.9 Å². The van der Waals surface area contributed by atoms with E-state index in [2.05, 4.69) is 38.2 Å². The number of benzene rings is 1. The summed E-state index contributed by atoms with van der Waals surface area (Å²) in [6, 6.07) is 4.35. The number of ether oxygens (including phenoxy) is 1. The van der Waals surface area contributed by atoms with Gasteiger partial charge in [0.25, 0.3) is 0 Å². The zero-order chi connectivity index (χ0) is 14.4. The van der Waals surface area contributed by atoms with Crippen molar-refractivity contribution < 1.29 is 4.74 Å². The van der Waals surface area contributed by atoms with Crippen LogP contribution in [0.4, 0.5) is 0 Å². The van der Waals surface area contributed by atoms with Crippen LogP contribution in [0.2, 0.25) is 0 Å². The number of rotatable bonds is 7. The lowest BCUT2D eigenvalue weighted by Gasteiger charge is -2.17. The van der Waals surface area contributed by atoms with Gasteiger partial charge in [-0.3, -0.25) is 0 Å². The minimum atomic E-state index is 0.0168. The van der Waals surface area contributed by atoms with E-state index < -0.39 is 0 Å². The molecule has 1 aromatic rings. The van der Waals surface area contributed by atoms with Crippen LogP contribution in [0.1, 0.15) is 36.5 Å². The molecule has 0 aliphatic carbocycles. The quantitative estimate of drug-likeness (QED) is 0.698. The maximum absolute atomic E-state index is 5.79. The Labute approximate surface area is 116 Å². The molecule has 1 atom stereocenters. The van der Waals surface area contributed by atoms with E-state index >= 15 is 0 Å². The summed E-state index contributed by atoms with van der Waals surface area (Å²) >= 11 is 0. The second-order valence-electron chi connectivity index (χ2n) is 5.30. The van der Waals surface area contributed by atoms with Crippen molar-refractivity contribution in [3.8, 4) is 5.75 Å². The molecular formula is C15H27N3O. The first-order valence-corrected chi connectivity index (χ1v) is 6.83. The summed E-state index contributed by atoms with van der Waals surface area (Å²) in [5.41, 5.74) is 15.1. The van der Waals surface area contributed by atoms with Gasteiger partial charge in [-0.2, -0.15) is 0 Å². The first-order valence-electron chi connectivity index (χ1n) is 6.83. The fraction of sp³-hybridized carbons (Fsp3) is 0.600. The Balaban J connectivity index is 2.80. The molecule has 5 N–H and O–H groups in total. The number of nitrogens with two attached hydrogens (primary N) is 2. The number of methoxy groups -OCH3 is 1. The molecule has 0 heterocycles. The fourth-order valence-electron chi connectivity index (χ4n) is 2.04. The average Bonchev–Trinajstić information content (AvgIpc) is 2.39. The average molecular weight is 265 g/mol. The molecule has 19 heavy (non-hydrogen) atoms. The molecule has 4 nitrogen and oxygen atoms in total. The molecule has 1 rings (SSSR count). The van der Waals surface area contributed by atoms with E-state index in [9.17, 15) is 0 Å². The second kappa shape index (κ2) is 7.48. The number of nitrogens with one attached hydrogen (secondary N) is 1. The smallest absolute Gasteiger partial charge is 0.122 e. The van der Waals surface area contributed by atoms with Crippen molar-refractivity contribution >= 4 is 0 Å². The molecule has 108 valence electrons. The Morgan fingerprint density at radius 2 is 2.00 bits per heavy atom. The van der Waals surface area contributed by atoms with Gasteiger partial charge in [0.1, 0.15) is 5.75 Å². The first kappa shape index (κ1) is 16.0. The van der Waals surface area contributed by atoms with E-state index in [1.54, 1.807) is 7.11 Å². The van der Waals surface area contributed by atoms with Gasteiger partial charge < -0.3 is 21.5 Å². The predicted octanol–water partition coefficient (Wildman–Crippen LogP) is 1.50. The monoisotopic (exact) mass is 265 g/mol. The Kier molecular flexibility index (Phi) is 6.28. The van der Waals surface area contributed by atoms with Crippen molar-refractivity contribution in [1.82, 2.24) is 5.32 Å². The van der Waals surface area contributed by atoms with Crippen LogP contribution in [-0.4, -0.2) is 26.2 Å². The number of aryl methyl sites for hydroxylation is 1. The zero-order valence-corrected chi connectivity index (χ0v) is 12.5. The third-order valence-electron chi connectivity index (χ3n) is 3.34. The Morgan fingerprint density at radius 1 is 1.32 bits per heavy atom. The lowest BCUT2D eigenvalue weighted by Crippen LogP contribution is -2.39. The SMILES string of the molecule is COc1cc(C)c(CNCC(N)CN)cc1C(C)C. The molecule has 0 aromatic heterocycles. The summed E-state index contributed by atoms with van der Waals surface area (Å²) in [5, 5.41) is 3.35. The van der Waals surface area contributed by atoms with Crippen LogP contribution < -0.4 is 21.5 Å². The molecule has 0 aliphatic rings. The lowest BCUT2D eigenvalue weighted by molar-refractivity contribution is 0.407. The molecule has 0 saturated carbocycles. The van der Waals surface area contributed by atoms with Crippen molar-refractivity contribution in [2.45, 2.75) is 39.3 Å². The van der Waals surface area contributed by atoms with Crippen LogP contribution in [0.15, 0.2) is 12.1 Å². The molecule has 0 saturated heterocycles. The van der Waals surface area contributed by atoms with Crippen molar-refractivity contribution in [3.63, 3.8) is 0 Å². The van der Waals surface area contributed by atoms with Crippen LogP contribution >= 0.6 is 0 Å². The van der Waals surface area contributed by atoms with E-state index in [1.165, 1.54) is 16.7 Å². The highest BCUT2D eigenvalue weighted by atomic mass is 16.5. The molecule has 0 amide bonds. The van der Waals surface area contributed by atoms with Crippen LogP contribution in [0.25, 0.3) is 0 Å². The van der Waals surface area contributed by atoms with E-state index in [-0.39, 0.29) is 6.04 Å². The Hall–Kier alpha value is -1.10. The highest BCUT2D eigenvalue weighted by Gasteiger charge is 2.11. The molecule has 0 radical (unpaired) electrons. The molecular weight excluding hydrogens is 238 g/mol. The van der Waals surface area contributed by atoms with Gasteiger partial charge in [0.2, 0.25) is 0 Å². The van der Waals surface area contributed by atoms with E-state index in [1.807, 2.05) is 0 Å². The standard InChI is InChI=1S/C15H27N3O/c1-10(2)14-6-12(8-18-9-13(17)7-16)11(3)5-15(14)19-4/h5-6,10,13,18H,7-9,16-17H2,1-4H3. The van der Waals surface area contributed by atoms with Crippen molar-refractivity contribution in [3.05, 3.63) is 28.8 Å². The van der Waals surface area contributed by atoms with Crippen LogP contribution in [0.3, 0.4) is 0 Å². The van der Waals surface area contributed by atoms with E-state index in [0.29, 0.717) is 12.5 Å². The highest BCUT2D eigenvalue weighted by molar-refractivity contribution is 5.43. The van der Waals surface area contributed by atoms with Crippen LogP contribution in [0, 0.1) is 6.92 Å². The molecule has 0 aliphatic heterocycles. The van der Waals surface area contributed by atoms with Gasteiger partial charge in [0.15, 0.2) is 0 Å². The van der Waals surface area contributed by atoms with Crippen molar-refractivity contribution in [2.75, 3.05) is 20.2 Å².